The largest absolute Gasteiger partial charge is 0.299 e. The Morgan fingerprint density at radius 3 is 2.28 bits per heavy atom. The standard InChI is InChI=1S/C13H15F4N/c1-11(15)7-13(16,17)12(2,18-8-11)9-5-3-4-6-10(9)14/h3-6,18H,7-8H2,1-2H3/t11?,12-/m1/s1. The summed E-state index contributed by atoms with van der Waals surface area (Å²) in [6.07, 6.45) is -0.919. The van der Waals surface area contributed by atoms with Crippen LogP contribution in [0.25, 0.3) is 0 Å². The maximum Gasteiger partial charge on any atom is 0.272 e. The lowest BCUT2D eigenvalue weighted by Crippen LogP contribution is -2.64. The summed E-state index contributed by atoms with van der Waals surface area (Å²) in [5.74, 6) is -4.08. The first-order chi connectivity index (χ1) is 8.18. The number of hydrogen-bond acceptors (Lipinski definition) is 1. The molecule has 1 heterocycles. The summed E-state index contributed by atoms with van der Waals surface area (Å²) in [5.41, 5.74) is -4.01. The molecule has 0 bridgehead atoms. The number of piperidine rings is 1. The molecule has 1 N–H and O–H groups in total. The van der Waals surface area contributed by atoms with Crippen molar-refractivity contribution in [3.8, 4) is 0 Å². The zero-order valence-corrected chi connectivity index (χ0v) is 10.2. The zero-order valence-electron chi connectivity index (χ0n) is 10.2. The van der Waals surface area contributed by atoms with Gasteiger partial charge >= 0.3 is 0 Å². The van der Waals surface area contributed by atoms with Crippen LogP contribution in [0.2, 0.25) is 0 Å². The maximum absolute atomic E-state index is 14.1. The molecule has 2 rings (SSSR count). The second kappa shape index (κ2) is 3.95. The van der Waals surface area contributed by atoms with Crippen molar-refractivity contribution in [3.63, 3.8) is 0 Å². The molecule has 0 aromatic heterocycles. The molecule has 1 aromatic rings. The lowest BCUT2D eigenvalue weighted by atomic mass is 9.76. The first kappa shape index (κ1) is 13.3. The Labute approximate surface area is 103 Å². The average molecular weight is 261 g/mol. The van der Waals surface area contributed by atoms with Gasteiger partial charge in [0, 0.05) is 18.5 Å². The van der Waals surface area contributed by atoms with Crippen LogP contribution in [0, 0.1) is 5.82 Å². The quantitative estimate of drug-likeness (QED) is 0.764. The van der Waals surface area contributed by atoms with Crippen LogP contribution in [0.4, 0.5) is 17.6 Å². The second-order valence-electron chi connectivity index (χ2n) is 5.25. The fraction of sp³-hybridized carbons (Fsp3) is 0.538. The van der Waals surface area contributed by atoms with Crippen LogP contribution in [-0.4, -0.2) is 18.1 Å². The van der Waals surface area contributed by atoms with Crippen LogP contribution >= 0.6 is 0 Å². The van der Waals surface area contributed by atoms with E-state index in [1.807, 2.05) is 0 Å². The Kier molecular flexibility index (Phi) is 2.93. The van der Waals surface area contributed by atoms with E-state index in [0.29, 0.717) is 0 Å². The average Bonchev–Trinajstić information content (AvgIpc) is 2.23. The van der Waals surface area contributed by atoms with Crippen LogP contribution in [-0.2, 0) is 5.54 Å². The van der Waals surface area contributed by atoms with Gasteiger partial charge in [-0.05, 0) is 19.9 Å². The van der Waals surface area contributed by atoms with Crippen molar-refractivity contribution in [1.29, 1.82) is 0 Å². The van der Waals surface area contributed by atoms with Gasteiger partial charge in [-0.1, -0.05) is 18.2 Å². The summed E-state index contributed by atoms with van der Waals surface area (Å²) in [6.45, 7) is 2.10. The molecule has 1 fully saturated rings. The topological polar surface area (TPSA) is 12.0 Å². The van der Waals surface area contributed by atoms with Crippen LogP contribution < -0.4 is 5.32 Å². The highest BCUT2D eigenvalue weighted by Crippen LogP contribution is 2.47. The fourth-order valence-corrected chi connectivity index (χ4v) is 2.35. The molecule has 1 aliphatic rings. The molecule has 100 valence electrons. The predicted molar refractivity (Wildman–Crippen MR) is 60.8 cm³/mol. The van der Waals surface area contributed by atoms with Gasteiger partial charge in [0.05, 0.1) is 0 Å². The summed E-state index contributed by atoms with van der Waals surface area (Å²) in [5, 5.41) is 2.47. The molecule has 2 atom stereocenters. The third kappa shape index (κ3) is 2.00. The summed E-state index contributed by atoms with van der Waals surface area (Å²) in [6, 6.07) is 5.35. The van der Waals surface area contributed by atoms with Gasteiger partial charge < -0.3 is 0 Å². The van der Waals surface area contributed by atoms with Gasteiger partial charge in [0.2, 0.25) is 0 Å². The molecule has 1 aromatic carbocycles. The summed E-state index contributed by atoms with van der Waals surface area (Å²) in [4.78, 5) is 0. The Balaban J connectivity index is 2.46. The molecular formula is C13H15F4N. The van der Waals surface area contributed by atoms with Crippen molar-refractivity contribution in [2.75, 3.05) is 6.54 Å². The molecule has 0 spiro atoms. The highest BCUT2D eigenvalue weighted by atomic mass is 19.3. The zero-order chi connectivity index (χ0) is 13.6. The molecule has 0 saturated carbocycles. The minimum atomic E-state index is -3.36. The second-order valence-corrected chi connectivity index (χ2v) is 5.25. The Morgan fingerprint density at radius 1 is 1.11 bits per heavy atom. The number of halogens is 4. The molecule has 5 heteroatoms. The minimum Gasteiger partial charge on any atom is -0.299 e. The van der Waals surface area contributed by atoms with E-state index in [9.17, 15) is 17.6 Å². The van der Waals surface area contributed by atoms with Crippen LogP contribution in [0.3, 0.4) is 0 Å². The third-order valence-corrected chi connectivity index (χ3v) is 3.55. The number of nitrogens with one attached hydrogen (secondary N) is 1. The summed E-state index contributed by atoms with van der Waals surface area (Å²) in [7, 11) is 0. The van der Waals surface area contributed by atoms with Gasteiger partial charge in [-0.3, -0.25) is 5.32 Å². The van der Waals surface area contributed by atoms with Crippen molar-refractivity contribution in [2.45, 2.75) is 37.4 Å². The lowest BCUT2D eigenvalue weighted by Gasteiger charge is -2.46. The monoisotopic (exact) mass is 261 g/mol. The van der Waals surface area contributed by atoms with Crippen molar-refractivity contribution in [2.24, 2.45) is 0 Å². The normalized spacial score (nSPS) is 35.4. The maximum atomic E-state index is 14.1. The van der Waals surface area contributed by atoms with Gasteiger partial charge in [0.15, 0.2) is 0 Å². The molecule has 1 aliphatic heterocycles. The van der Waals surface area contributed by atoms with Gasteiger partial charge in [-0.15, -0.1) is 0 Å². The predicted octanol–water partition coefficient (Wildman–Crippen LogP) is 3.40. The SMILES string of the molecule is CC1(F)CN[C@](C)(c2ccccc2F)C(F)(F)C1. The van der Waals surface area contributed by atoms with E-state index >= 15 is 0 Å². The molecule has 1 nitrogen and oxygen atoms in total. The number of alkyl halides is 3. The van der Waals surface area contributed by atoms with E-state index in [0.717, 1.165) is 13.0 Å². The number of hydrogen-bond donors (Lipinski definition) is 1. The van der Waals surface area contributed by atoms with E-state index in [2.05, 4.69) is 5.32 Å². The molecule has 18 heavy (non-hydrogen) atoms. The molecule has 0 radical (unpaired) electrons. The van der Waals surface area contributed by atoms with E-state index in [4.69, 9.17) is 0 Å². The highest BCUT2D eigenvalue weighted by Gasteiger charge is 2.59. The van der Waals surface area contributed by atoms with Gasteiger partial charge in [-0.2, -0.15) is 0 Å². The Bertz CT molecular complexity index is 458. The fourth-order valence-electron chi connectivity index (χ4n) is 2.35. The third-order valence-electron chi connectivity index (χ3n) is 3.55. The smallest absolute Gasteiger partial charge is 0.272 e. The summed E-state index contributed by atoms with van der Waals surface area (Å²) >= 11 is 0. The van der Waals surface area contributed by atoms with Crippen LogP contribution in [0.5, 0.6) is 0 Å². The molecule has 0 aliphatic carbocycles. The van der Waals surface area contributed by atoms with Crippen LogP contribution in [0.1, 0.15) is 25.8 Å². The Morgan fingerprint density at radius 2 is 1.72 bits per heavy atom. The molecule has 1 saturated heterocycles. The number of rotatable bonds is 1. The van der Waals surface area contributed by atoms with Gasteiger partial charge in [0.25, 0.3) is 5.92 Å². The van der Waals surface area contributed by atoms with Gasteiger partial charge in [-0.25, -0.2) is 17.6 Å². The van der Waals surface area contributed by atoms with E-state index in [1.54, 1.807) is 0 Å². The van der Waals surface area contributed by atoms with Crippen molar-refractivity contribution in [1.82, 2.24) is 5.32 Å². The summed E-state index contributed by atoms with van der Waals surface area (Å²) < 4.78 is 55.7. The van der Waals surface area contributed by atoms with Crippen molar-refractivity contribution in [3.05, 3.63) is 35.6 Å². The van der Waals surface area contributed by atoms with E-state index in [1.165, 1.54) is 25.1 Å². The van der Waals surface area contributed by atoms with Crippen LogP contribution in [0.15, 0.2) is 24.3 Å². The minimum absolute atomic E-state index is 0.134. The molecule has 0 amide bonds. The molecular weight excluding hydrogens is 246 g/mol. The van der Waals surface area contributed by atoms with Crippen molar-refractivity contribution < 1.29 is 17.6 Å². The van der Waals surface area contributed by atoms with E-state index < -0.39 is 29.4 Å². The van der Waals surface area contributed by atoms with E-state index in [-0.39, 0.29) is 12.1 Å². The first-order valence-corrected chi connectivity index (χ1v) is 5.75. The highest BCUT2D eigenvalue weighted by molar-refractivity contribution is 5.30. The van der Waals surface area contributed by atoms with Gasteiger partial charge in [0.1, 0.15) is 17.0 Å². The lowest BCUT2D eigenvalue weighted by molar-refractivity contribution is -0.150. The molecule has 1 unspecified atom stereocenters. The Hall–Kier alpha value is -1.10. The van der Waals surface area contributed by atoms with Crippen molar-refractivity contribution >= 4 is 0 Å². The number of benzene rings is 1. The first-order valence-electron chi connectivity index (χ1n) is 5.75.